The van der Waals surface area contributed by atoms with E-state index in [9.17, 15) is 48.3 Å². The van der Waals surface area contributed by atoms with E-state index in [1.54, 1.807) is 13.8 Å². The van der Waals surface area contributed by atoms with Gasteiger partial charge in [0.15, 0.2) is 23.5 Å². The molecule has 11 N–H and O–H groups in total. The molecule has 1 heterocycles. The highest BCUT2D eigenvalue weighted by molar-refractivity contribution is 6.00. The quantitative estimate of drug-likeness (QED) is 0.0529. The van der Waals surface area contributed by atoms with E-state index in [1.807, 2.05) is 58.0 Å². The normalized spacial score (nSPS) is 21.9. The van der Waals surface area contributed by atoms with E-state index in [0.29, 0.717) is 19.4 Å². The van der Waals surface area contributed by atoms with Gasteiger partial charge < -0.3 is 48.3 Å². The van der Waals surface area contributed by atoms with E-state index >= 15 is 0 Å². The SMILES string of the molecule is CC(C)C[C@@H]1CC(=O)[C@@H](C)NC(=O)[C@@H](CC(=O)[C@H](CO)NC(=O)[C@@H](CCCCN)CC(=O)[C@@H](CC(C)C)NC(=O)[C@@H](N)Cc2ccccc2)[C@H](C(N)=O)OC(=O)[C@@H](CC(C)C)NC1=O. The Hall–Kier alpha value is -5.07. The van der Waals surface area contributed by atoms with Crippen LogP contribution in [0.3, 0.4) is 0 Å². The van der Waals surface area contributed by atoms with Gasteiger partial charge in [-0.15, -0.1) is 0 Å². The highest BCUT2D eigenvalue weighted by atomic mass is 16.6. The van der Waals surface area contributed by atoms with Gasteiger partial charge in [-0.25, -0.2) is 4.79 Å². The van der Waals surface area contributed by atoms with Crippen LogP contribution in [-0.4, -0.2) is 107 Å². The number of benzene rings is 1. The Balaban J connectivity index is 2.42. The number of nitrogens with two attached hydrogens (primary N) is 3. The third kappa shape index (κ3) is 18.6. The highest BCUT2D eigenvalue weighted by Crippen LogP contribution is 2.23. The van der Waals surface area contributed by atoms with Crippen molar-refractivity contribution in [2.45, 2.75) is 149 Å². The van der Waals surface area contributed by atoms with Gasteiger partial charge in [0, 0.05) is 31.1 Å². The molecule has 5 amide bonds. The van der Waals surface area contributed by atoms with Crippen LogP contribution in [0.5, 0.6) is 0 Å². The molecular weight excluding hydrogens is 827 g/mol. The van der Waals surface area contributed by atoms with Gasteiger partial charge in [-0.2, -0.15) is 0 Å². The van der Waals surface area contributed by atoms with Crippen LogP contribution in [0.15, 0.2) is 30.3 Å². The summed E-state index contributed by atoms with van der Waals surface area (Å²) < 4.78 is 5.54. The lowest BCUT2D eigenvalue weighted by Crippen LogP contribution is -2.53. The number of Topliss-reactive ketones (excluding diaryl/α,β-unsaturated/α-hetero) is 3. The Kier molecular flexibility index (Phi) is 23.5. The summed E-state index contributed by atoms with van der Waals surface area (Å²) in [5, 5.41) is 20.8. The Morgan fingerprint density at radius 1 is 0.828 bits per heavy atom. The lowest BCUT2D eigenvalue weighted by molar-refractivity contribution is -0.164. The smallest absolute Gasteiger partial charge is 0.329 e. The molecule has 1 aromatic rings. The van der Waals surface area contributed by atoms with Crippen LogP contribution in [0.2, 0.25) is 0 Å². The molecule has 2 rings (SSSR count). The number of primary amides is 1. The van der Waals surface area contributed by atoms with Gasteiger partial charge >= 0.3 is 5.97 Å². The van der Waals surface area contributed by atoms with Crippen molar-refractivity contribution < 1.29 is 53.0 Å². The van der Waals surface area contributed by atoms with Crippen molar-refractivity contribution in [2.24, 2.45) is 52.7 Å². The minimum absolute atomic E-state index is 0.0137. The summed E-state index contributed by atoms with van der Waals surface area (Å²) in [5.74, 6) is -11.3. The Morgan fingerprint density at radius 2 is 1.45 bits per heavy atom. The molecule has 1 aliphatic rings. The third-order valence-corrected chi connectivity index (χ3v) is 11.1. The van der Waals surface area contributed by atoms with E-state index in [1.165, 1.54) is 6.92 Å². The maximum Gasteiger partial charge on any atom is 0.329 e. The zero-order valence-corrected chi connectivity index (χ0v) is 38.6. The second-order valence-electron chi connectivity index (χ2n) is 18.3. The molecule has 0 bridgehead atoms. The van der Waals surface area contributed by atoms with Crippen molar-refractivity contribution in [3.63, 3.8) is 0 Å². The Morgan fingerprint density at radius 3 is 2.02 bits per heavy atom. The van der Waals surface area contributed by atoms with Crippen molar-refractivity contribution in [1.29, 1.82) is 0 Å². The van der Waals surface area contributed by atoms with E-state index < -0.39 is 120 Å². The molecule has 358 valence electrons. The van der Waals surface area contributed by atoms with Crippen LogP contribution in [0, 0.1) is 35.5 Å². The molecular formula is C46H73N7O11. The minimum Gasteiger partial charge on any atom is -0.450 e. The fourth-order valence-corrected chi connectivity index (χ4v) is 7.64. The third-order valence-electron chi connectivity index (χ3n) is 11.1. The van der Waals surface area contributed by atoms with Gasteiger partial charge in [-0.05, 0) is 75.3 Å². The number of hydrogen-bond donors (Lipinski definition) is 8. The number of cyclic esters (lactones) is 1. The molecule has 0 radical (unpaired) electrons. The number of ketones is 3. The fourth-order valence-electron chi connectivity index (χ4n) is 7.64. The molecule has 1 saturated heterocycles. The van der Waals surface area contributed by atoms with Gasteiger partial charge in [0.1, 0.15) is 12.1 Å². The van der Waals surface area contributed by atoms with Crippen LogP contribution in [0.25, 0.3) is 0 Å². The number of nitrogens with one attached hydrogen (secondary N) is 4. The van der Waals surface area contributed by atoms with Gasteiger partial charge in [0.25, 0.3) is 5.91 Å². The van der Waals surface area contributed by atoms with Gasteiger partial charge in [0.05, 0.1) is 30.7 Å². The van der Waals surface area contributed by atoms with E-state index in [0.717, 1.165) is 5.56 Å². The number of esters is 1. The summed E-state index contributed by atoms with van der Waals surface area (Å²) >= 11 is 0. The molecule has 1 aromatic carbocycles. The van der Waals surface area contributed by atoms with Crippen LogP contribution >= 0.6 is 0 Å². The largest absolute Gasteiger partial charge is 0.450 e. The number of rotatable bonds is 24. The first-order valence-electron chi connectivity index (χ1n) is 22.5. The molecule has 0 spiro atoms. The van der Waals surface area contributed by atoms with Crippen molar-refractivity contribution >= 4 is 52.9 Å². The van der Waals surface area contributed by atoms with Crippen molar-refractivity contribution in [1.82, 2.24) is 21.3 Å². The lowest BCUT2D eigenvalue weighted by Gasteiger charge is -2.28. The first kappa shape index (κ1) is 55.1. The molecule has 0 unspecified atom stereocenters. The molecule has 1 fully saturated rings. The number of ether oxygens (including phenoxy) is 1. The summed E-state index contributed by atoms with van der Waals surface area (Å²) in [4.78, 5) is 123. The zero-order valence-electron chi connectivity index (χ0n) is 38.6. The summed E-state index contributed by atoms with van der Waals surface area (Å²) in [6.45, 7) is 11.7. The van der Waals surface area contributed by atoms with E-state index in [2.05, 4.69) is 21.3 Å². The second-order valence-corrected chi connectivity index (χ2v) is 18.3. The van der Waals surface area contributed by atoms with Gasteiger partial charge in [0.2, 0.25) is 23.6 Å². The fraction of sp³-hybridized carbons (Fsp3) is 0.674. The summed E-state index contributed by atoms with van der Waals surface area (Å²) in [7, 11) is 0. The topological polar surface area (TPSA) is 309 Å². The monoisotopic (exact) mass is 900 g/mol. The number of hydrogen-bond acceptors (Lipinski definition) is 13. The lowest BCUT2D eigenvalue weighted by atomic mass is 9.88. The maximum atomic E-state index is 14.0. The summed E-state index contributed by atoms with van der Waals surface area (Å²) in [5.41, 5.74) is 18.5. The average Bonchev–Trinajstić information content (AvgIpc) is 3.22. The number of amides is 5. The molecule has 18 nitrogen and oxygen atoms in total. The van der Waals surface area contributed by atoms with Crippen molar-refractivity contribution in [3.8, 4) is 0 Å². The molecule has 0 aromatic heterocycles. The first-order valence-corrected chi connectivity index (χ1v) is 22.5. The number of carbonyl (C=O) groups is 9. The van der Waals surface area contributed by atoms with Crippen LogP contribution < -0.4 is 38.5 Å². The Labute approximate surface area is 377 Å². The molecule has 64 heavy (non-hydrogen) atoms. The highest BCUT2D eigenvalue weighted by Gasteiger charge is 2.42. The minimum atomic E-state index is -2.08. The zero-order chi connectivity index (χ0) is 48.3. The molecule has 0 aliphatic carbocycles. The van der Waals surface area contributed by atoms with Crippen LogP contribution in [-0.2, 0) is 54.3 Å². The van der Waals surface area contributed by atoms with Crippen LogP contribution in [0.1, 0.15) is 112 Å². The number of carbonyl (C=O) groups excluding carboxylic acids is 9. The van der Waals surface area contributed by atoms with Crippen LogP contribution in [0.4, 0.5) is 0 Å². The number of aliphatic hydroxyl groups excluding tert-OH is 1. The van der Waals surface area contributed by atoms with E-state index in [4.69, 9.17) is 21.9 Å². The standard InChI is InChI=1S/C46H73N7O11/c1-25(2)17-31-22-37(55)28(7)50-44(61)32(40(41(49)58)64-46(63)35(19-27(5)6)52-43(31)60)23-39(57)36(24-54)53-42(59)30(15-11-12-16-47)21-38(56)34(18-26(3)4)51-45(62)33(48)20-29-13-9-8-10-14-29/h8-10,13-14,25-28,30-36,40,54H,11-12,15-24,47-48H2,1-7H3,(H2,49,58)(H,50,61)(H,51,62)(H,52,60)(H,53,59)/t28-,30+,31-,32+,33+,34-,35-,36+,40-/m1/s1. The molecule has 9 atom stereocenters. The first-order chi connectivity index (χ1) is 30.1. The van der Waals surface area contributed by atoms with Crippen molar-refractivity contribution in [2.75, 3.05) is 13.2 Å². The predicted octanol–water partition coefficient (Wildman–Crippen LogP) is 0.912. The van der Waals surface area contributed by atoms with Gasteiger partial charge in [-0.1, -0.05) is 78.3 Å². The summed E-state index contributed by atoms with van der Waals surface area (Å²) in [6, 6.07) is 3.00. The van der Waals surface area contributed by atoms with E-state index in [-0.39, 0.29) is 62.7 Å². The number of unbranched alkanes of at least 4 members (excludes halogenated alkanes) is 1. The molecule has 18 heteroatoms. The van der Waals surface area contributed by atoms with Crippen molar-refractivity contribution in [3.05, 3.63) is 35.9 Å². The molecule has 1 aliphatic heterocycles. The number of aliphatic hydroxyl groups is 1. The molecule has 0 saturated carbocycles. The summed E-state index contributed by atoms with van der Waals surface area (Å²) in [6.07, 6.45) is -1.71. The maximum absolute atomic E-state index is 14.0. The second kappa shape index (κ2) is 27.3. The average molecular weight is 900 g/mol. The predicted molar refractivity (Wildman–Crippen MR) is 238 cm³/mol. The Bertz CT molecular complexity index is 1760. The van der Waals surface area contributed by atoms with Gasteiger partial charge in [-0.3, -0.25) is 38.4 Å².